The third-order valence-corrected chi connectivity index (χ3v) is 5.50. The minimum absolute atomic E-state index is 0.0797. The number of rotatable bonds is 4. The van der Waals surface area contributed by atoms with Gasteiger partial charge < -0.3 is 15.6 Å². The first-order valence-electron chi connectivity index (χ1n) is 9.08. The zero-order chi connectivity index (χ0) is 19.8. The summed E-state index contributed by atoms with van der Waals surface area (Å²) in [5.41, 5.74) is 5.57. The number of halogens is 2. The highest BCUT2D eigenvalue weighted by molar-refractivity contribution is 6.31. The molecule has 0 saturated heterocycles. The number of anilines is 2. The van der Waals surface area contributed by atoms with Crippen LogP contribution in [-0.4, -0.2) is 26.5 Å². The summed E-state index contributed by atoms with van der Waals surface area (Å²) in [6.45, 7) is 0.556. The van der Waals surface area contributed by atoms with Gasteiger partial charge in [-0.1, -0.05) is 41.4 Å². The molecule has 0 spiro atoms. The Bertz CT molecular complexity index is 1230. The number of benzene rings is 2. The van der Waals surface area contributed by atoms with E-state index < -0.39 is 0 Å². The van der Waals surface area contributed by atoms with Gasteiger partial charge in [-0.15, -0.1) is 0 Å². The van der Waals surface area contributed by atoms with Crippen molar-refractivity contribution in [2.24, 2.45) is 0 Å². The molecule has 0 aliphatic carbocycles. The highest BCUT2D eigenvalue weighted by atomic mass is 35.5. The van der Waals surface area contributed by atoms with Crippen LogP contribution in [0.15, 0.2) is 60.7 Å². The summed E-state index contributed by atoms with van der Waals surface area (Å²) in [7, 11) is 0. The summed E-state index contributed by atoms with van der Waals surface area (Å²) in [5, 5.41) is 8.41. The number of nitrogens with zero attached hydrogens (tertiary/aromatic N) is 3. The molecule has 5 rings (SSSR count). The highest BCUT2D eigenvalue weighted by Gasteiger charge is 2.24. The SMILES string of the molecule is Clc1ccc2c(c1)C=C(CNc1ncnc3nc[nH]c13)C(c1ccccc1Cl)N2. The fraction of sp³-hybridized carbons (Fsp3) is 0.0952. The van der Waals surface area contributed by atoms with E-state index in [0.29, 0.717) is 28.1 Å². The number of H-pyrrole nitrogens is 1. The van der Waals surface area contributed by atoms with Crippen molar-refractivity contribution in [1.29, 1.82) is 0 Å². The lowest BCUT2D eigenvalue weighted by Gasteiger charge is -2.30. The Balaban J connectivity index is 1.53. The Kier molecular flexibility index (Phi) is 4.58. The van der Waals surface area contributed by atoms with Crippen LogP contribution in [0.3, 0.4) is 0 Å². The molecule has 1 atom stereocenters. The molecule has 2 aromatic carbocycles. The highest BCUT2D eigenvalue weighted by Crippen LogP contribution is 2.38. The number of nitrogens with one attached hydrogen (secondary N) is 3. The summed E-state index contributed by atoms with van der Waals surface area (Å²) >= 11 is 12.7. The average molecular weight is 423 g/mol. The quantitative estimate of drug-likeness (QED) is 0.414. The monoisotopic (exact) mass is 422 g/mol. The van der Waals surface area contributed by atoms with Crippen LogP contribution < -0.4 is 10.6 Å². The average Bonchev–Trinajstić information content (AvgIpc) is 3.21. The molecule has 0 saturated carbocycles. The number of imidazole rings is 1. The van der Waals surface area contributed by atoms with Crippen molar-refractivity contribution < 1.29 is 0 Å². The molecule has 1 aliphatic rings. The minimum Gasteiger partial charge on any atom is -0.374 e. The van der Waals surface area contributed by atoms with Crippen molar-refractivity contribution in [3.8, 4) is 0 Å². The van der Waals surface area contributed by atoms with Crippen LogP contribution in [0.2, 0.25) is 10.0 Å². The molecule has 0 fully saturated rings. The molecule has 144 valence electrons. The van der Waals surface area contributed by atoms with Gasteiger partial charge in [0.1, 0.15) is 11.8 Å². The standard InChI is InChI=1S/C21H16Cl2N6/c22-14-5-6-17-12(8-14)7-13(18(29-17)15-3-1-2-4-16(15)23)9-24-20-19-21(26-10-25-19)28-11-27-20/h1-8,10-11,18,29H,9H2,(H2,24,25,26,27,28). The van der Waals surface area contributed by atoms with E-state index in [9.17, 15) is 0 Å². The molecule has 8 heteroatoms. The second kappa shape index (κ2) is 7.39. The van der Waals surface area contributed by atoms with Gasteiger partial charge in [-0.3, -0.25) is 0 Å². The van der Waals surface area contributed by atoms with Gasteiger partial charge in [0.05, 0.1) is 12.4 Å². The lowest BCUT2D eigenvalue weighted by molar-refractivity contribution is 0.883. The molecule has 4 aromatic rings. The lowest BCUT2D eigenvalue weighted by Crippen LogP contribution is -2.22. The molecule has 0 amide bonds. The van der Waals surface area contributed by atoms with Crippen LogP contribution in [0.1, 0.15) is 17.2 Å². The first-order chi connectivity index (χ1) is 14.2. The maximum Gasteiger partial charge on any atom is 0.182 e. The maximum absolute atomic E-state index is 6.51. The summed E-state index contributed by atoms with van der Waals surface area (Å²) in [5.74, 6) is 0.697. The number of hydrogen-bond donors (Lipinski definition) is 3. The summed E-state index contributed by atoms with van der Waals surface area (Å²) in [6, 6.07) is 13.6. The van der Waals surface area contributed by atoms with Crippen LogP contribution in [0.25, 0.3) is 17.2 Å². The van der Waals surface area contributed by atoms with Crippen LogP contribution in [-0.2, 0) is 0 Å². The third kappa shape index (κ3) is 3.41. The first-order valence-corrected chi connectivity index (χ1v) is 9.83. The van der Waals surface area contributed by atoms with Gasteiger partial charge in [0.15, 0.2) is 11.5 Å². The van der Waals surface area contributed by atoms with Gasteiger partial charge in [0.25, 0.3) is 0 Å². The van der Waals surface area contributed by atoms with E-state index in [1.54, 1.807) is 6.33 Å². The molecular formula is C21H16Cl2N6. The Hall–Kier alpha value is -3.09. The topological polar surface area (TPSA) is 78.5 Å². The molecule has 6 nitrogen and oxygen atoms in total. The van der Waals surface area contributed by atoms with Crippen molar-refractivity contribution in [2.75, 3.05) is 17.2 Å². The number of aromatic nitrogens is 4. The molecular weight excluding hydrogens is 407 g/mol. The van der Waals surface area contributed by atoms with Gasteiger partial charge >= 0.3 is 0 Å². The Morgan fingerprint density at radius 2 is 1.93 bits per heavy atom. The fourth-order valence-corrected chi connectivity index (χ4v) is 3.97. The van der Waals surface area contributed by atoms with E-state index in [-0.39, 0.29) is 6.04 Å². The zero-order valence-corrected chi connectivity index (χ0v) is 16.7. The van der Waals surface area contributed by atoms with Gasteiger partial charge in [0, 0.05) is 22.3 Å². The molecule has 2 aromatic heterocycles. The van der Waals surface area contributed by atoms with Gasteiger partial charge in [-0.05, 0) is 47.0 Å². The Morgan fingerprint density at radius 1 is 1.03 bits per heavy atom. The fourth-order valence-electron chi connectivity index (χ4n) is 3.54. The van der Waals surface area contributed by atoms with E-state index in [2.05, 4.69) is 36.6 Å². The third-order valence-electron chi connectivity index (χ3n) is 4.92. The Labute approximate surface area is 177 Å². The van der Waals surface area contributed by atoms with E-state index in [1.807, 2.05) is 42.5 Å². The van der Waals surface area contributed by atoms with Crippen molar-refractivity contribution in [3.05, 3.63) is 81.9 Å². The van der Waals surface area contributed by atoms with Crippen molar-refractivity contribution in [3.63, 3.8) is 0 Å². The second-order valence-corrected chi connectivity index (χ2v) is 7.57. The van der Waals surface area contributed by atoms with Gasteiger partial charge in [0.2, 0.25) is 0 Å². The lowest BCUT2D eigenvalue weighted by atomic mass is 9.92. The molecule has 1 aliphatic heterocycles. The second-order valence-electron chi connectivity index (χ2n) is 6.73. The zero-order valence-electron chi connectivity index (χ0n) is 15.2. The summed E-state index contributed by atoms with van der Waals surface area (Å²) in [6.07, 6.45) is 5.25. The van der Waals surface area contributed by atoms with Gasteiger partial charge in [-0.2, -0.15) is 0 Å². The predicted molar refractivity (Wildman–Crippen MR) is 117 cm³/mol. The van der Waals surface area contributed by atoms with Crippen LogP contribution in [0, 0.1) is 0 Å². The van der Waals surface area contributed by atoms with Gasteiger partial charge in [-0.25, -0.2) is 15.0 Å². The predicted octanol–water partition coefficient (Wildman–Crippen LogP) is 5.32. The smallest absolute Gasteiger partial charge is 0.182 e. The van der Waals surface area contributed by atoms with E-state index in [1.165, 1.54) is 6.33 Å². The maximum atomic E-state index is 6.51. The van der Waals surface area contributed by atoms with Crippen LogP contribution >= 0.6 is 23.2 Å². The summed E-state index contributed by atoms with van der Waals surface area (Å²) < 4.78 is 0. The van der Waals surface area contributed by atoms with Crippen molar-refractivity contribution in [1.82, 2.24) is 19.9 Å². The van der Waals surface area contributed by atoms with Crippen molar-refractivity contribution >= 4 is 51.9 Å². The molecule has 0 radical (unpaired) electrons. The largest absolute Gasteiger partial charge is 0.374 e. The van der Waals surface area contributed by atoms with Crippen LogP contribution in [0.4, 0.5) is 11.5 Å². The van der Waals surface area contributed by atoms with E-state index in [0.717, 1.165) is 27.9 Å². The number of fused-ring (bicyclic) bond motifs is 2. The first kappa shape index (κ1) is 18.0. The number of aromatic amines is 1. The minimum atomic E-state index is -0.0797. The molecule has 29 heavy (non-hydrogen) atoms. The van der Waals surface area contributed by atoms with Crippen molar-refractivity contribution in [2.45, 2.75) is 6.04 Å². The van der Waals surface area contributed by atoms with E-state index >= 15 is 0 Å². The molecule has 1 unspecified atom stereocenters. The molecule has 3 heterocycles. The Morgan fingerprint density at radius 3 is 2.83 bits per heavy atom. The normalized spacial score (nSPS) is 15.5. The van der Waals surface area contributed by atoms with Crippen LogP contribution in [0.5, 0.6) is 0 Å². The molecule has 3 N–H and O–H groups in total. The molecule has 0 bridgehead atoms. The van der Waals surface area contributed by atoms with E-state index in [4.69, 9.17) is 23.2 Å². The number of hydrogen-bond acceptors (Lipinski definition) is 5. The summed E-state index contributed by atoms with van der Waals surface area (Å²) in [4.78, 5) is 15.8.